The van der Waals surface area contributed by atoms with Crippen molar-refractivity contribution in [3.8, 4) is 5.75 Å². The summed E-state index contributed by atoms with van der Waals surface area (Å²) < 4.78 is 16.1. The second-order valence-corrected chi connectivity index (χ2v) is 5.47. The number of nitrogens with one attached hydrogen (secondary N) is 1. The second kappa shape index (κ2) is 10.9. The molecule has 5 heteroatoms. The Morgan fingerprint density at radius 1 is 1.14 bits per heavy atom. The van der Waals surface area contributed by atoms with Gasteiger partial charge in [0.25, 0.3) is 0 Å². The van der Waals surface area contributed by atoms with E-state index < -0.39 is 0 Å². The predicted octanol–water partition coefficient (Wildman–Crippen LogP) is 3.27. The maximum absolute atomic E-state index is 6.25. The van der Waals surface area contributed by atoms with E-state index in [1.54, 1.807) is 7.11 Å². The molecule has 0 radical (unpaired) electrons. The quantitative estimate of drug-likeness (QED) is 0.636. The summed E-state index contributed by atoms with van der Waals surface area (Å²) in [5, 5.41) is 4.10. The summed E-state index contributed by atoms with van der Waals surface area (Å²) >= 11 is 6.25. The number of ether oxygens (including phenoxy) is 3. The van der Waals surface area contributed by atoms with Gasteiger partial charge in [-0.05, 0) is 12.1 Å². The summed E-state index contributed by atoms with van der Waals surface area (Å²) in [6, 6.07) is 6.16. The van der Waals surface area contributed by atoms with E-state index in [1.807, 2.05) is 18.2 Å². The van der Waals surface area contributed by atoms with Gasteiger partial charge in [0.1, 0.15) is 5.75 Å². The minimum absolute atomic E-state index is 0.406. The fraction of sp³-hybridized carbons (Fsp3) is 0.625. The van der Waals surface area contributed by atoms with Gasteiger partial charge in [-0.1, -0.05) is 31.5 Å². The fourth-order valence-electron chi connectivity index (χ4n) is 1.74. The topological polar surface area (TPSA) is 39.7 Å². The van der Waals surface area contributed by atoms with Crippen molar-refractivity contribution in [2.75, 3.05) is 33.5 Å². The lowest BCUT2D eigenvalue weighted by atomic mass is 10.2. The zero-order valence-corrected chi connectivity index (χ0v) is 13.9. The van der Waals surface area contributed by atoms with Gasteiger partial charge in [-0.3, -0.25) is 0 Å². The molecule has 0 fully saturated rings. The van der Waals surface area contributed by atoms with Crippen LogP contribution in [0.15, 0.2) is 18.2 Å². The molecule has 0 aliphatic rings. The van der Waals surface area contributed by atoms with Crippen LogP contribution in [0, 0.1) is 0 Å². The standard InChI is InChI=1S/C16H26ClNO3/c1-13(2)18-12-14-15(17)6-4-7-16(14)21-9-5-8-20-11-10-19-3/h4,6-7,13,18H,5,8-12H2,1-3H3. The zero-order chi connectivity index (χ0) is 15.5. The van der Waals surface area contributed by atoms with Crippen LogP contribution in [0.2, 0.25) is 5.02 Å². The number of halogens is 1. The summed E-state index contributed by atoms with van der Waals surface area (Å²) in [5.74, 6) is 0.840. The highest BCUT2D eigenvalue weighted by Crippen LogP contribution is 2.26. The van der Waals surface area contributed by atoms with Crippen LogP contribution in [0.3, 0.4) is 0 Å². The Kier molecular flexibility index (Phi) is 9.42. The molecule has 120 valence electrons. The van der Waals surface area contributed by atoms with Crippen LogP contribution in [-0.2, 0) is 16.0 Å². The first-order valence-corrected chi connectivity index (χ1v) is 7.73. The molecule has 0 heterocycles. The molecule has 0 unspecified atom stereocenters. The Balaban J connectivity index is 2.38. The summed E-state index contributed by atoms with van der Waals surface area (Å²) in [6.45, 7) is 7.45. The van der Waals surface area contributed by atoms with Crippen LogP contribution >= 0.6 is 11.6 Å². The molecular formula is C16H26ClNO3. The van der Waals surface area contributed by atoms with Crippen molar-refractivity contribution in [2.24, 2.45) is 0 Å². The van der Waals surface area contributed by atoms with Crippen LogP contribution in [-0.4, -0.2) is 39.6 Å². The smallest absolute Gasteiger partial charge is 0.125 e. The van der Waals surface area contributed by atoms with Gasteiger partial charge in [-0.25, -0.2) is 0 Å². The third-order valence-corrected chi connectivity index (χ3v) is 3.24. The molecule has 0 amide bonds. The third kappa shape index (κ3) is 7.67. The van der Waals surface area contributed by atoms with Crippen LogP contribution in [0.4, 0.5) is 0 Å². The third-order valence-electron chi connectivity index (χ3n) is 2.89. The first-order chi connectivity index (χ1) is 10.1. The highest BCUT2D eigenvalue weighted by atomic mass is 35.5. The Bertz CT molecular complexity index is 399. The van der Waals surface area contributed by atoms with Gasteiger partial charge in [-0.15, -0.1) is 0 Å². The molecule has 1 rings (SSSR count). The van der Waals surface area contributed by atoms with Crippen LogP contribution in [0.25, 0.3) is 0 Å². The van der Waals surface area contributed by atoms with Gasteiger partial charge in [0.2, 0.25) is 0 Å². The van der Waals surface area contributed by atoms with Crippen molar-refractivity contribution in [3.63, 3.8) is 0 Å². The average molecular weight is 316 g/mol. The zero-order valence-electron chi connectivity index (χ0n) is 13.2. The lowest BCUT2D eigenvalue weighted by Gasteiger charge is -2.15. The molecule has 0 aliphatic carbocycles. The SMILES string of the molecule is COCCOCCCOc1cccc(Cl)c1CNC(C)C. The maximum Gasteiger partial charge on any atom is 0.125 e. The number of hydrogen-bond donors (Lipinski definition) is 1. The predicted molar refractivity (Wildman–Crippen MR) is 86.2 cm³/mol. The number of rotatable bonds is 11. The lowest BCUT2D eigenvalue weighted by Crippen LogP contribution is -2.22. The molecule has 0 aliphatic heterocycles. The van der Waals surface area contributed by atoms with E-state index in [9.17, 15) is 0 Å². The highest BCUT2D eigenvalue weighted by molar-refractivity contribution is 6.31. The molecule has 21 heavy (non-hydrogen) atoms. The molecule has 1 aromatic carbocycles. The molecule has 4 nitrogen and oxygen atoms in total. The average Bonchev–Trinajstić information content (AvgIpc) is 2.45. The number of methoxy groups -OCH3 is 1. The maximum atomic E-state index is 6.25. The molecule has 1 N–H and O–H groups in total. The number of benzene rings is 1. The first kappa shape index (κ1) is 18.2. The van der Waals surface area contributed by atoms with Crippen molar-refractivity contribution in [1.82, 2.24) is 5.32 Å². The second-order valence-electron chi connectivity index (χ2n) is 5.06. The first-order valence-electron chi connectivity index (χ1n) is 7.35. The fourth-order valence-corrected chi connectivity index (χ4v) is 1.97. The Morgan fingerprint density at radius 3 is 2.67 bits per heavy atom. The lowest BCUT2D eigenvalue weighted by molar-refractivity contribution is 0.0644. The summed E-state index contributed by atoms with van der Waals surface area (Å²) in [4.78, 5) is 0. The monoisotopic (exact) mass is 315 g/mol. The van der Waals surface area contributed by atoms with E-state index in [-0.39, 0.29) is 0 Å². The van der Waals surface area contributed by atoms with Gasteiger partial charge in [-0.2, -0.15) is 0 Å². The summed E-state index contributed by atoms with van der Waals surface area (Å²) in [5.41, 5.74) is 1.01. The van der Waals surface area contributed by atoms with E-state index in [1.165, 1.54) is 0 Å². The largest absolute Gasteiger partial charge is 0.493 e. The molecule has 0 saturated heterocycles. The van der Waals surface area contributed by atoms with Crippen LogP contribution in [0.5, 0.6) is 5.75 Å². The Hall–Kier alpha value is -0.810. The van der Waals surface area contributed by atoms with Gasteiger partial charge >= 0.3 is 0 Å². The van der Waals surface area contributed by atoms with E-state index in [4.69, 9.17) is 25.8 Å². The van der Waals surface area contributed by atoms with Gasteiger partial charge in [0.15, 0.2) is 0 Å². The minimum Gasteiger partial charge on any atom is -0.493 e. The van der Waals surface area contributed by atoms with E-state index >= 15 is 0 Å². The molecule has 0 spiro atoms. The molecule has 0 atom stereocenters. The van der Waals surface area contributed by atoms with Crippen LogP contribution < -0.4 is 10.1 Å². The normalized spacial score (nSPS) is 11.1. The van der Waals surface area contributed by atoms with Crippen molar-refractivity contribution in [2.45, 2.75) is 32.9 Å². The Morgan fingerprint density at radius 2 is 1.95 bits per heavy atom. The molecule has 0 saturated carbocycles. The van der Waals surface area contributed by atoms with Crippen molar-refractivity contribution in [3.05, 3.63) is 28.8 Å². The molecule has 1 aromatic rings. The van der Waals surface area contributed by atoms with Crippen LogP contribution in [0.1, 0.15) is 25.8 Å². The Labute approximate surface area is 132 Å². The summed E-state index contributed by atoms with van der Waals surface area (Å²) in [6.07, 6.45) is 0.841. The number of hydrogen-bond acceptors (Lipinski definition) is 4. The van der Waals surface area contributed by atoms with E-state index in [0.717, 1.165) is 22.8 Å². The van der Waals surface area contributed by atoms with Crippen molar-refractivity contribution < 1.29 is 14.2 Å². The van der Waals surface area contributed by atoms with Crippen molar-refractivity contribution >= 4 is 11.6 Å². The van der Waals surface area contributed by atoms with E-state index in [0.29, 0.717) is 39.0 Å². The van der Waals surface area contributed by atoms with Gasteiger partial charge in [0.05, 0.1) is 19.8 Å². The van der Waals surface area contributed by atoms with Gasteiger partial charge in [0, 0.05) is 43.3 Å². The molecule has 0 aromatic heterocycles. The van der Waals surface area contributed by atoms with E-state index in [2.05, 4.69) is 19.2 Å². The van der Waals surface area contributed by atoms with Gasteiger partial charge < -0.3 is 19.5 Å². The van der Waals surface area contributed by atoms with Crippen molar-refractivity contribution in [1.29, 1.82) is 0 Å². The molecular weight excluding hydrogens is 290 g/mol. The minimum atomic E-state index is 0.406. The summed E-state index contributed by atoms with van der Waals surface area (Å²) in [7, 11) is 1.67. The molecule has 0 bridgehead atoms. The highest BCUT2D eigenvalue weighted by Gasteiger charge is 2.08.